The van der Waals surface area contributed by atoms with Crippen LogP contribution in [0.15, 0.2) is 24.3 Å². The molecule has 1 aromatic carbocycles. The number of rotatable bonds is 4. The van der Waals surface area contributed by atoms with Crippen LogP contribution in [0.25, 0.3) is 0 Å². The number of amides is 1. The van der Waals surface area contributed by atoms with Gasteiger partial charge < -0.3 is 4.90 Å². The molecule has 0 saturated heterocycles. The summed E-state index contributed by atoms with van der Waals surface area (Å²) in [6, 6.07) is 4.43. The van der Waals surface area contributed by atoms with Gasteiger partial charge in [-0.15, -0.1) is 0 Å². The molecule has 8 heteroatoms. The summed E-state index contributed by atoms with van der Waals surface area (Å²) >= 11 is 0. The molecular formula is C11H11F3N2O3. The zero-order valence-corrected chi connectivity index (χ0v) is 9.98. The van der Waals surface area contributed by atoms with Gasteiger partial charge in [-0.05, 0) is 19.1 Å². The summed E-state index contributed by atoms with van der Waals surface area (Å²) in [5, 5.41) is 10.4. The van der Waals surface area contributed by atoms with E-state index in [0.717, 1.165) is 24.3 Å². The quantitative estimate of drug-likeness (QED) is 0.627. The lowest BCUT2D eigenvalue weighted by Gasteiger charge is -2.22. The first-order valence-corrected chi connectivity index (χ1v) is 5.35. The summed E-state index contributed by atoms with van der Waals surface area (Å²) in [5.74, 6) is -0.810. The minimum Gasteiger partial charge on any atom is -0.330 e. The number of nitro benzene ring substituents is 1. The Bertz CT molecular complexity index is 471. The lowest BCUT2D eigenvalue weighted by molar-refractivity contribution is -0.384. The van der Waals surface area contributed by atoms with Crippen LogP contribution in [0.2, 0.25) is 0 Å². The average molecular weight is 276 g/mol. The van der Waals surface area contributed by atoms with Crippen molar-refractivity contribution in [3.05, 3.63) is 39.9 Å². The summed E-state index contributed by atoms with van der Waals surface area (Å²) < 4.78 is 36.8. The van der Waals surface area contributed by atoms with Gasteiger partial charge in [0, 0.05) is 24.2 Å². The van der Waals surface area contributed by atoms with Crippen molar-refractivity contribution in [1.29, 1.82) is 0 Å². The zero-order valence-electron chi connectivity index (χ0n) is 9.98. The van der Waals surface area contributed by atoms with E-state index in [2.05, 4.69) is 0 Å². The Hall–Kier alpha value is -2.12. The highest BCUT2D eigenvalue weighted by Gasteiger charge is 2.32. The molecule has 0 fully saturated rings. The first-order chi connectivity index (χ1) is 8.74. The smallest absolute Gasteiger partial charge is 0.330 e. The third-order valence-corrected chi connectivity index (χ3v) is 2.36. The summed E-state index contributed by atoms with van der Waals surface area (Å²) in [5.41, 5.74) is -0.243. The number of benzene rings is 1. The predicted octanol–water partition coefficient (Wildman–Crippen LogP) is 2.62. The van der Waals surface area contributed by atoms with Crippen molar-refractivity contribution in [1.82, 2.24) is 4.90 Å². The first-order valence-electron chi connectivity index (χ1n) is 5.35. The molecule has 1 rings (SSSR count). The van der Waals surface area contributed by atoms with Gasteiger partial charge in [0.2, 0.25) is 0 Å². The summed E-state index contributed by atoms with van der Waals surface area (Å²) in [6.45, 7) is -0.0241. The van der Waals surface area contributed by atoms with E-state index in [1.165, 1.54) is 6.92 Å². The minimum atomic E-state index is -4.48. The van der Waals surface area contributed by atoms with Gasteiger partial charge in [-0.3, -0.25) is 14.9 Å². The molecule has 0 bridgehead atoms. The molecule has 0 aliphatic carbocycles. The number of nitro groups is 1. The Labute approximate surface area is 106 Å². The molecule has 0 radical (unpaired) electrons. The normalized spacial score (nSPS) is 11.2. The van der Waals surface area contributed by atoms with Gasteiger partial charge in [0.25, 0.3) is 11.6 Å². The van der Waals surface area contributed by atoms with Crippen molar-refractivity contribution in [2.24, 2.45) is 0 Å². The molecule has 0 aliphatic heterocycles. The zero-order chi connectivity index (χ0) is 14.6. The van der Waals surface area contributed by atoms with Crippen molar-refractivity contribution in [3.8, 4) is 0 Å². The maximum atomic E-state index is 12.3. The van der Waals surface area contributed by atoms with Gasteiger partial charge in [-0.2, -0.15) is 13.2 Å². The molecule has 5 nitrogen and oxygen atoms in total. The Morgan fingerprint density at radius 2 is 1.84 bits per heavy atom. The second-order valence-corrected chi connectivity index (χ2v) is 3.74. The van der Waals surface area contributed by atoms with Gasteiger partial charge in [0.05, 0.1) is 4.92 Å². The summed E-state index contributed by atoms with van der Waals surface area (Å²) in [7, 11) is 0. The van der Waals surface area contributed by atoms with E-state index >= 15 is 0 Å². The van der Waals surface area contributed by atoms with E-state index in [0.29, 0.717) is 4.90 Å². The van der Waals surface area contributed by atoms with E-state index in [1.54, 1.807) is 0 Å². The lowest BCUT2D eigenvalue weighted by Crippen LogP contribution is -2.38. The first kappa shape index (κ1) is 14.9. The average Bonchev–Trinajstić information content (AvgIpc) is 2.34. The lowest BCUT2D eigenvalue weighted by atomic mass is 10.2. The van der Waals surface area contributed by atoms with Crippen LogP contribution < -0.4 is 0 Å². The van der Waals surface area contributed by atoms with Gasteiger partial charge in [-0.1, -0.05) is 0 Å². The Morgan fingerprint density at radius 1 is 1.32 bits per heavy atom. The van der Waals surface area contributed by atoms with Crippen LogP contribution in [0.4, 0.5) is 18.9 Å². The number of halogens is 3. The van der Waals surface area contributed by atoms with Crippen molar-refractivity contribution in [3.63, 3.8) is 0 Å². The van der Waals surface area contributed by atoms with E-state index in [4.69, 9.17) is 0 Å². The maximum Gasteiger partial charge on any atom is 0.406 e. The SMILES string of the molecule is CCN(CC(F)(F)F)C(=O)c1ccc([N+](=O)[O-])cc1. The standard InChI is InChI=1S/C11H11F3N2O3/c1-2-15(7-11(12,13)14)10(17)8-3-5-9(6-4-8)16(18)19/h3-6H,2,7H2,1H3. The Morgan fingerprint density at radius 3 is 2.21 bits per heavy atom. The number of carbonyl (C=O) groups excluding carboxylic acids is 1. The van der Waals surface area contributed by atoms with Gasteiger partial charge >= 0.3 is 6.18 Å². The predicted molar refractivity (Wildman–Crippen MR) is 60.7 cm³/mol. The molecule has 104 valence electrons. The Balaban J connectivity index is 2.88. The van der Waals surface area contributed by atoms with Crippen LogP contribution >= 0.6 is 0 Å². The fraction of sp³-hybridized carbons (Fsp3) is 0.364. The number of hydrogen-bond acceptors (Lipinski definition) is 3. The Kier molecular flexibility index (Phi) is 4.47. The number of alkyl halides is 3. The third kappa shape index (κ3) is 4.23. The molecule has 1 aromatic rings. The number of nitrogens with zero attached hydrogens (tertiary/aromatic N) is 2. The molecule has 0 unspecified atom stereocenters. The number of carbonyl (C=O) groups is 1. The molecule has 0 heterocycles. The van der Waals surface area contributed by atoms with Crippen LogP contribution in [0, 0.1) is 10.1 Å². The highest BCUT2D eigenvalue weighted by molar-refractivity contribution is 5.94. The van der Waals surface area contributed by atoms with Crippen LogP contribution in [0.5, 0.6) is 0 Å². The fourth-order valence-electron chi connectivity index (χ4n) is 1.45. The molecule has 19 heavy (non-hydrogen) atoms. The number of hydrogen-bond donors (Lipinski definition) is 0. The fourth-order valence-corrected chi connectivity index (χ4v) is 1.45. The van der Waals surface area contributed by atoms with E-state index in [1.807, 2.05) is 0 Å². The summed E-state index contributed by atoms with van der Waals surface area (Å²) in [6.07, 6.45) is -4.48. The molecule has 0 N–H and O–H groups in total. The van der Waals surface area contributed by atoms with Crippen molar-refractivity contribution in [2.45, 2.75) is 13.1 Å². The molecule has 0 saturated carbocycles. The minimum absolute atomic E-state index is 0.0169. The molecule has 0 spiro atoms. The van der Waals surface area contributed by atoms with E-state index in [-0.39, 0.29) is 17.8 Å². The largest absolute Gasteiger partial charge is 0.406 e. The van der Waals surface area contributed by atoms with E-state index in [9.17, 15) is 28.1 Å². The van der Waals surface area contributed by atoms with E-state index < -0.39 is 23.6 Å². The molecule has 1 amide bonds. The van der Waals surface area contributed by atoms with Crippen LogP contribution in [-0.2, 0) is 0 Å². The van der Waals surface area contributed by atoms with Gasteiger partial charge in [-0.25, -0.2) is 0 Å². The van der Waals surface area contributed by atoms with Crippen molar-refractivity contribution in [2.75, 3.05) is 13.1 Å². The van der Waals surface area contributed by atoms with Crippen LogP contribution in [-0.4, -0.2) is 35.0 Å². The molecular weight excluding hydrogens is 265 g/mol. The highest BCUT2D eigenvalue weighted by Crippen LogP contribution is 2.19. The van der Waals surface area contributed by atoms with Crippen molar-refractivity contribution < 1.29 is 22.9 Å². The maximum absolute atomic E-state index is 12.3. The van der Waals surface area contributed by atoms with Gasteiger partial charge in [0.1, 0.15) is 6.54 Å². The second kappa shape index (κ2) is 5.68. The van der Waals surface area contributed by atoms with Crippen LogP contribution in [0.1, 0.15) is 17.3 Å². The highest BCUT2D eigenvalue weighted by atomic mass is 19.4. The molecule has 0 atom stereocenters. The number of non-ortho nitro benzene ring substituents is 1. The molecule has 0 aliphatic rings. The topological polar surface area (TPSA) is 63.5 Å². The third-order valence-electron chi connectivity index (χ3n) is 2.36. The van der Waals surface area contributed by atoms with Gasteiger partial charge in [0.15, 0.2) is 0 Å². The monoisotopic (exact) mass is 276 g/mol. The van der Waals surface area contributed by atoms with Crippen LogP contribution in [0.3, 0.4) is 0 Å². The second-order valence-electron chi connectivity index (χ2n) is 3.74. The van der Waals surface area contributed by atoms with Crippen molar-refractivity contribution >= 4 is 11.6 Å². The summed E-state index contributed by atoms with van der Waals surface area (Å²) in [4.78, 5) is 22.2. The molecule has 0 aromatic heterocycles.